The summed E-state index contributed by atoms with van der Waals surface area (Å²) in [5, 5.41) is 6.14. The molecule has 4 nitrogen and oxygen atoms in total. The van der Waals surface area contributed by atoms with Crippen LogP contribution in [-0.2, 0) is 11.4 Å². The first kappa shape index (κ1) is 13.2. The van der Waals surface area contributed by atoms with Gasteiger partial charge >= 0.3 is 0 Å². The van der Waals surface area contributed by atoms with Crippen molar-refractivity contribution in [3.63, 3.8) is 0 Å². The molecule has 0 saturated carbocycles. The Labute approximate surface area is 123 Å². The molecule has 4 heteroatoms. The second-order valence-electron chi connectivity index (χ2n) is 4.87. The normalized spacial score (nSPS) is 11.8. The van der Waals surface area contributed by atoms with Gasteiger partial charge in [0.05, 0.1) is 0 Å². The molecule has 0 aliphatic heterocycles. The summed E-state index contributed by atoms with van der Waals surface area (Å²) in [7, 11) is 1.49. The fourth-order valence-corrected chi connectivity index (χ4v) is 2.47. The van der Waals surface area contributed by atoms with Crippen molar-refractivity contribution in [3.8, 4) is 0 Å². The number of fused-ring (bicyclic) bond motifs is 1. The lowest BCUT2D eigenvalue weighted by Gasteiger charge is -2.09. The van der Waals surface area contributed by atoms with E-state index in [1.807, 2.05) is 24.3 Å². The van der Waals surface area contributed by atoms with E-state index in [0.29, 0.717) is 5.84 Å². The fraction of sp³-hybridized carbons (Fsp3) is 0.118. The second kappa shape index (κ2) is 5.71. The number of rotatable bonds is 4. The summed E-state index contributed by atoms with van der Waals surface area (Å²) in [6.07, 6.45) is 4.13. The molecule has 2 N–H and O–H groups in total. The maximum absolute atomic E-state index is 5.87. The lowest BCUT2D eigenvalue weighted by molar-refractivity contribution is 0.213. The van der Waals surface area contributed by atoms with Gasteiger partial charge in [0.25, 0.3) is 0 Å². The highest BCUT2D eigenvalue weighted by Crippen LogP contribution is 2.21. The first-order valence-electron chi connectivity index (χ1n) is 6.77. The zero-order valence-corrected chi connectivity index (χ0v) is 11.9. The molecule has 0 atom stereocenters. The number of oxime groups is 1. The molecule has 0 bridgehead atoms. The van der Waals surface area contributed by atoms with Gasteiger partial charge < -0.3 is 15.1 Å². The van der Waals surface area contributed by atoms with E-state index in [2.05, 4.69) is 46.4 Å². The molecule has 0 aliphatic rings. The predicted octanol–water partition coefficient (Wildman–Crippen LogP) is 2.96. The van der Waals surface area contributed by atoms with Crippen LogP contribution in [0.25, 0.3) is 10.8 Å². The maximum Gasteiger partial charge on any atom is 0.170 e. The average Bonchev–Trinajstić information content (AvgIpc) is 3.00. The first-order valence-corrected chi connectivity index (χ1v) is 6.77. The number of nitrogens with two attached hydrogens (primary N) is 1. The van der Waals surface area contributed by atoms with Crippen molar-refractivity contribution in [2.24, 2.45) is 10.9 Å². The third-order valence-electron chi connectivity index (χ3n) is 3.48. The van der Waals surface area contributed by atoms with E-state index in [4.69, 9.17) is 10.6 Å². The number of hydrogen-bond acceptors (Lipinski definition) is 2. The molecule has 0 saturated heterocycles. The summed E-state index contributed by atoms with van der Waals surface area (Å²) in [5.74, 6) is 0.384. The molecule has 0 spiro atoms. The van der Waals surface area contributed by atoms with Crippen LogP contribution in [0.15, 0.2) is 66.1 Å². The maximum atomic E-state index is 5.87. The molecule has 3 rings (SSSR count). The van der Waals surface area contributed by atoms with E-state index in [1.165, 1.54) is 18.1 Å². The Balaban J connectivity index is 2.02. The Kier molecular flexibility index (Phi) is 3.60. The molecule has 21 heavy (non-hydrogen) atoms. The standard InChI is InChI=1S/C17H17N3O/c1-21-19-17(18)14-7-8-16-13(11-14)5-4-6-15(16)12-20-9-2-3-10-20/h2-11H,12H2,1H3,(H2,18,19). The van der Waals surface area contributed by atoms with Gasteiger partial charge in [0.2, 0.25) is 0 Å². The molecule has 0 amide bonds. The van der Waals surface area contributed by atoms with Gasteiger partial charge in [-0.1, -0.05) is 35.5 Å². The van der Waals surface area contributed by atoms with Crippen LogP contribution in [0, 0.1) is 0 Å². The lowest BCUT2D eigenvalue weighted by atomic mass is 10.0. The highest BCUT2D eigenvalue weighted by Gasteiger charge is 2.05. The predicted molar refractivity (Wildman–Crippen MR) is 85.2 cm³/mol. The molecule has 0 fully saturated rings. The van der Waals surface area contributed by atoms with Crippen LogP contribution >= 0.6 is 0 Å². The van der Waals surface area contributed by atoms with Crippen LogP contribution < -0.4 is 5.73 Å². The Bertz CT molecular complexity index is 776. The van der Waals surface area contributed by atoms with Crippen molar-refractivity contribution >= 4 is 16.6 Å². The Hall–Kier alpha value is -2.75. The van der Waals surface area contributed by atoms with Crippen molar-refractivity contribution < 1.29 is 4.84 Å². The van der Waals surface area contributed by atoms with Crippen molar-refractivity contribution in [2.75, 3.05) is 7.11 Å². The Morgan fingerprint density at radius 3 is 2.71 bits per heavy atom. The van der Waals surface area contributed by atoms with Crippen LogP contribution in [0.4, 0.5) is 0 Å². The molecule has 1 aromatic heterocycles. The largest absolute Gasteiger partial charge is 0.397 e. The van der Waals surface area contributed by atoms with E-state index in [-0.39, 0.29) is 0 Å². The highest BCUT2D eigenvalue weighted by molar-refractivity contribution is 6.01. The monoisotopic (exact) mass is 279 g/mol. The van der Waals surface area contributed by atoms with Gasteiger partial charge in [-0.2, -0.15) is 0 Å². The SMILES string of the molecule is CON=C(N)c1ccc2c(Cn3cccc3)cccc2c1. The third-order valence-corrected chi connectivity index (χ3v) is 3.48. The molecule has 106 valence electrons. The minimum atomic E-state index is 0.384. The second-order valence-corrected chi connectivity index (χ2v) is 4.87. The van der Waals surface area contributed by atoms with E-state index in [1.54, 1.807) is 0 Å². The number of nitrogens with zero attached hydrogens (tertiary/aromatic N) is 2. The number of benzene rings is 2. The van der Waals surface area contributed by atoms with Crippen LogP contribution in [0.3, 0.4) is 0 Å². The summed E-state index contributed by atoms with van der Waals surface area (Å²) < 4.78 is 2.16. The quantitative estimate of drug-likeness (QED) is 0.453. The molecular weight excluding hydrogens is 262 g/mol. The zero-order chi connectivity index (χ0) is 14.7. The topological polar surface area (TPSA) is 52.5 Å². The Morgan fingerprint density at radius 1 is 1.14 bits per heavy atom. The lowest BCUT2D eigenvalue weighted by Crippen LogP contribution is -2.13. The summed E-state index contributed by atoms with van der Waals surface area (Å²) >= 11 is 0. The highest BCUT2D eigenvalue weighted by atomic mass is 16.6. The summed E-state index contributed by atoms with van der Waals surface area (Å²) in [6.45, 7) is 0.853. The van der Waals surface area contributed by atoms with Gasteiger partial charge in [-0.05, 0) is 34.5 Å². The van der Waals surface area contributed by atoms with E-state index < -0.39 is 0 Å². The number of aromatic nitrogens is 1. The summed E-state index contributed by atoms with van der Waals surface area (Å²) in [6, 6.07) is 16.4. The van der Waals surface area contributed by atoms with Gasteiger partial charge in [0.15, 0.2) is 5.84 Å². The first-order chi connectivity index (χ1) is 10.3. The van der Waals surface area contributed by atoms with Crippen LogP contribution in [-0.4, -0.2) is 17.5 Å². The van der Waals surface area contributed by atoms with Gasteiger partial charge in [0.1, 0.15) is 7.11 Å². The van der Waals surface area contributed by atoms with E-state index >= 15 is 0 Å². The van der Waals surface area contributed by atoms with Crippen molar-refractivity contribution in [3.05, 3.63) is 72.1 Å². The van der Waals surface area contributed by atoms with Crippen LogP contribution in [0.5, 0.6) is 0 Å². The van der Waals surface area contributed by atoms with E-state index in [9.17, 15) is 0 Å². The molecular formula is C17H17N3O. The summed E-state index contributed by atoms with van der Waals surface area (Å²) in [4.78, 5) is 4.72. The van der Waals surface area contributed by atoms with Crippen molar-refractivity contribution in [1.82, 2.24) is 4.57 Å². The molecule has 0 aliphatic carbocycles. The van der Waals surface area contributed by atoms with Crippen molar-refractivity contribution in [2.45, 2.75) is 6.54 Å². The molecule has 2 aromatic carbocycles. The smallest absolute Gasteiger partial charge is 0.170 e. The summed E-state index contributed by atoms with van der Waals surface area (Å²) in [5.41, 5.74) is 8.00. The van der Waals surface area contributed by atoms with Gasteiger partial charge in [-0.25, -0.2) is 0 Å². The molecule has 3 aromatic rings. The molecule has 1 heterocycles. The van der Waals surface area contributed by atoms with Crippen LogP contribution in [0.2, 0.25) is 0 Å². The van der Waals surface area contributed by atoms with Gasteiger partial charge in [0, 0.05) is 24.5 Å². The molecule has 0 unspecified atom stereocenters. The van der Waals surface area contributed by atoms with Crippen molar-refractivity contribution in [1.29, 1.82) is 0 Å². The Morgan fingerprint density at radius 2 is 1.95 bits per heavy atom. The number of hydrogen-bond donors (Lipinski definition) is 1. The minimum Gasteiger partial charge on any atom is -0.397 e. The molecule has 0 radical (unpaired) electrons. The average molecular weight is 279 g/mol. The van der Waals surface area contributed by atoms with Crippen LogP contribution in [0.1, 0.15) is 11.1 Å². The zero-order valence-electron chi connectivity index (χ0n) is 11.9. The number of amidine groups is 1. The third kappa shape index (κ3) is 2.74. The van der Waals surface area contributed by atoms with Gasteiger partial charge in [-0.3, -0.25) is 0 Å². The minimum absolute atomic E-state index is 0.384. The van der Waals surface area contributed by atoms with E-state index in [0.717, 1.165) is 17.5 Å². The van der Waals surface area contributed by atoms with Gasteiger partial charge in [-0.15, -0.1) is 0 Å². The fourth-order valence-electron chi connectivity index (χ4n) is 2.47.